The highest BCUT2D eigenvalue weighted by molar-refractivity contribution is 5.92. The third-order valence-corrected chi connectivity index (χ3v) is 3.32. The second kappa shape index (κ2) is 5.21. The third-order valence-electron chi connectivity index (χ3n) is 3.32. The lowest BCUT2D eigenvalue weighted by Gasteiger charge is -2.06. The number of anilines is 1. The zero-order chi connectivity index (χ0) is 12.3. The molecule has 0 unspecified atom stereocenters. The lowest BCUT2D eigenvalue weighted by molar-refractivity contribution is 0.759. The lowest BCUT2D eigenvalue weighted by atomic mass is 10.1. The fourth-order valence-corrected chi connectivity index (χ4v) is 2.06. The molecule has 1 aliphatic carbocycles. The SMILES string of the molecule is CCc1cccc(NC(N)=N[C@@H]2C[C@H]2CC)c1. The van der Waals surface area contributed by atoms with E-state index in [2.05, 4.69) is 36.3 Å². The Morgan fingerprint density at radius 1 is 1.47 bits per heavy atom. The fraction of sp³-hybridized carbons (Fsp3) is 0.500. The molecule has 1 saturated carbocycles. The van der Waals surface area contributed by atoms with E-state index in [1.165, 1.54) is 18.4 Å². The van der Waals surface area contributed by atoms with Crippen molar-refractivity contribution >= 4 is 11.6 Å². The Morgan fingerprint density at radius 3 is 2.94 bits per heavy atom. The normalized spacial score (nSPS) is 23.5. The number of nitrogens with one attached hydrogen (secondary N) is 1. The molecule has 3 heteroatoms. The minimum atomic E-state index is 0.446. The number of guanidine groups is 1. The topological polar surface area (TPSA) is 50.4 Å². The van der Waals surface area contributed by atoms with Gasteiger partial charge < -0.3 is 11.1 Å². The molecule has 3 nitrogen and oxygen atoms in total. The van der Waals surface area contributed by atoms with Crippen LogP contribution in [0.1, 0.15) is 32.3 Å². The van der Waals surface area contributed by atoms with Gasteiger partial charge in [-0.15, -0.1) is 0 Å². The number of benzene rings is 1. The van der Waals surface area contributed by atoms with Crippen LogP contribution in [0.5, 0.6) is 0 Å². The van der Waals surface area contributed by atoms with Crippen LogP contribution in [-0.2, 0) is 6.42 Å². The molecule has 3 N–H and O–H groups in total. The fourth-order valence-electron chi connectivity index (χ4n) is 2.06. The van der Waals surface area contributed by atoms with Crippen LogP contribution in [-0.4, -0.2) is 12.0 Å². The van der Waals surface area contributed by atoms with Gasteiger partial charge >= 0.3 is 0 Å². The van der Waals surface area contributed by atoms with Crippen LogP contribution in [0.4, 0.5) is 5.69 Å². The smallest absolute Gasteiger partial charge is 0.193 e. The van der Waals surface area contributed by atoms with Crippen molar-refractivity contribution in [3.63, 3.8) is 0 Å². The molecule has 0 amide bonds. The van der Waals surface area contributed by atoms with Crippen molar-refractivity contribution in [1.29, 1.82) is 0 Å². The summed E-state index contributed by atoms with van der Waals surface area (Å²) in [6.07, 6.45) is 3.42. The van der Waals surface area contributed by atoms with E-state index in [0.717, 1.165) is 18.0 Å². The Morgan fingerprint density at radius 2 is 2.29 bits per heavy atom. The second-order valence-corrected chi connectivity index (χ2v) is 4.66. The van der Waals surface area contributed by atoms with Crippen molar-refractivity contribution in [2.45, 2.75) is 39.2 Å². The number of nitrogens with two attached hydrogens (primary N) is 1. The zero-order valence-electron chi connectivity index (χ0n) is 10.6. The lowest BCUT2D eigenvalue weighted by Crippen LogP contribution is -2.23. The molecule has 2 atom stereocenters. The summed E-state index contributed by atoms with van der Waals surface area (Å²) in [5.41, 5.74) is 8.23. The molecule has 1 aromatic rings. The minimum Gasteiger partial charge on any atom is -0.370 e. The molecule has 1 fully saturated rings. The highest BCUT2D eigenvalue weighted by Crippen LogP contribution is 2.36. The summed E-state index contributed by atoms with van der Waals surface area (Å²) in [5, 5.41) is 3.16. The summed E-state index contributed by atoms with van der Waals surface area (Å²) in [5.74, 6) is 1.29. The standard InChI is InChI=1S/C14H21N3/c1-3-10-6-5-7-12(8-10)16-14(15)17-13-9-11(13)4-2/h5-8,11,13H,3-4,9H2,1-2H3,(H3,15,16,17)/t11-,13-/m1/s1. The second-order valence-electron chi connectivity index (χ2n) is 4.66. The summed E-state index contributed by atoms with van der Waals surface area (Å²) in [6, 6.07) is 8.74. The quantitative estimate of drug-likeness (QED) is 0.618. The number of nitrogens with zero attached hydrogens (tertiary/aromatic N) is 1. The Kier molecular flexibility index (Phi) is 3.67. The van der Waals surface area contributed by atoms with Gasteiger partial charge in [0, 0.05) is 5.69 Å². The molecule has 1 aromatic carbocycles. The van der Waals surface area contributed by atoms with Gasteiger partial charge in [-0.1, -0.05) is 32.4 Å². The van der Waals surface area contributed by atoms with Gasteiger partial charge in [0.2, 0.25) is 0 Å². The van der Waals surface area contributed by atoms with Crippen molar-refractivity contribution < 1.29 is 0 Å². The number of hydrogen-bond acceptors (Lipinski definition) is 1. The van der Waals surface area contributed by atoms with Crippen molar-refractivity contribution in [2.24, 2.45) is 16.6 Å². The highest BCUT2D eigenvalue weighted by Gasteiger charge is 2.35. The number of aliphatic imine (C=N–C) groups is 1. The summed E-state index contributed by atoms with van der Waals surface area (Å²) in [4.78, 5) is 4.47. The van der Waals surface area contributed by atoms with Crippen molar-refractivity contribution in [2.75, 3.05) is 5.32 Å². The first-order valence-electron chi connectivity index (χ1n) is 6.42. The molecule has 0 spiro atoms. The molecule has 2 rings (SSSR count). The molecule has 1 aliphatic rings. The number of aryl methyl sites for hydroxylation is 1. The molecule has 0 bridgehead atoms. The summed E-state index contributed by atoms with van der Waals surface area (Å²) < 4.78 is 0. The van der Waals surface area contributed by atoms with E-state index in [4.69, 9.17) is 5.73 Å². The molecule has 0 aromatic heterocycles. The van der Waals surface area contributed by atoms with Gasteiger partial charge in [-0.25, -0.2) is 4.99 Å². The Hall–Kier alpha value is -1.51. The van der Waals surface area contributed by atoms with Gasteiger partial charge in [-0.3, -0.25) is 0 Å². The number of rotatable bonds is 4. The summed E-state index contributed by atoms with van der Waals surface area (Å²) in [7, 11) is 0. The summed E-state index contributed by atoms with van der Waals surface area (Å²) in [6.45, 7) is 4.35. The van der Waals surface area contributed by atoms with Crippen molar-refractivity contribution in [1.82, 2.24) is 0 Å². The van der Waals surface area contributed by atoms with Gasteiger partial charge in [-0.2, -0.15) is 0 Å². The highest BCUT2D eigenvalue weighted by atomic mass is 15.1. The van der Waals surface area contributed by atoms with Crippen LogP contribution in [0, 0.1) is 5.92 Å². The first kappa shape index (κ1) is 12.0. The van der Waals surface area contributed by atoms with Gasteiger partial charge in [0.25, 0.3) is 0 Å². The molecule has 0 aliphatic heterocycles. The average Bonchev–Trinajstić information content (AvgIpc) is 3.07. The largest absolute Gasteiger partial charge is 0.370 e. The molecule has 92 valence electrons. The van der Waals surface area contributed by atoms with Gasteiger partial charge in [0.1, 0.15) is 0 Å². The Bertz CT molecular complexity index is 412. The van der Waals surface area contributed by atoms with Crippen LogP contribution in [0.25, 0.3) is 0 Å². The predicted octanol–water partition coefficient (Wildman–Crippen LogP) is 2.77. The van der Waals surface area contributed by atoms with Gasteiger partial charge in [0.05, 0.1) is 6.04 Å². The molecule has 0 saturated heterocycles. The first-order valence-corrected chi connectivity index (χ1v) is 6.42. The molecule has 0 radical (unpaired) electrons. The van der Waals surface area contributed by atoms with Crippen LogP contribution < -0.4 is 11.1 Å². The number of hydrogen-bond donors (Lipinski definition) is 2. The molecule has 0 heterocycles. The predicted molar refractivity (Wildman–Crippen MR) is 73.3 cm³/mol. The van der Waals surface area contributed by atoms with Crippen LogP contribution in [0.15, 0.2) is 29.3 Å². The van der Waals surface area contributed by atoms with Crippen LogP contribution >= 0.6 is 0 Å². The van der Waals surface area contributed by atoms with Crippen molar-refractivity contribution in [3.05, 3.63) is 29.8 Å². The maximum Gasteiger partial charge on any atom is 0.193 e. The van der Waals surface area contributed by atoms with E-state index in [-0.39, 0.29) is 0 Å². The molecular formula is C14H21N3. The Balaban J connectivity index is 1.95. The van der Waals surface area contributed by atoms with E-state index >= 15 is 0 Å². The van der Waals surface area contributed by atoms with Gasteiger partial charge in [-0.05, 0) is 36.5 Å². The molecular weight excluding hydrogens is 210 g/mol. The third kappa shape index (κ3) is 3.22. The van der Waals surface area contributed by atoms with Gasteiger partial charge in [0.15, 0.2) is 5.96 Å². The van der Waals surface area contributed by atoms with Crippen LogP contribution in [0.2, 0.25) is 0 Å². The average molecular weight is 231 g/mol. The van der Waals surface area contributed by atoms with E-state index in [0.29, 0.717) is 12.0 Å². The van der Waals surface area contributed by atoms with Crippen LogP contribution in [0.3, 0.4) is 0 Å². The summed E-state index contributed by atoms with van der Waals surface area (Å²) >= 11 is 0. The Labute approximate surface area is 103 Å². The van der Waals surface area contributed by atoms with E-state index in [1.54, 1.807) is 0 Å². The first-order chi connectivity index (χ1) is 8.22. The maximum absolute atomic E-state index is 5.89. The zero-order valence-corrected chi connectivity index (χ0v) is 10.6. The molecule has 17 heavy (non-hydrogen) atoms. The van der Waals surface area contributed by atoms with E-state index in [1.807, 2.05) is 12.1 Å². The van der Waals surface area contributed by atoms with E-state index in [9.17, 15) is 0 Å². The maximum atomic E-state index is 5.89. The van der Waals surface area contributed by atoms with E-state index < -0.39 is 0 Å². The van der Waals surface area contributed by atoms with Crippen molar-refractivity contribution in [3.8, 4) is 0 Å². The minimum absolute atomic E-state index is 0.446. The monoisotopic (exact) mass is 231 g/mol.